The highest BCUT2D eigenvalue weighted by Gasteiger charge is 2.45. The normalized spacial score (nSPS) is 21.2. The standard InChI is InChI=1S/C20H26BrN5O.HI/c1-22-19(23-14-20(7-8-20)16-5-3-4-6-17(16)21)26-9-10-27-18(13-26)15-11-24-25(2)12-15;/h3-6,11-12,18H,7-10,13-14H2,1-2H3,(H,22,23);1H. The molecule has 1 aromatic heterocycles. The summed E-state index contributed by atoms with van der Waals surface area (Å²) in [4.78, 5) is 6.82. The molecule has 1 aliphatic carbocycles. The first-order valence-corrected chi connectivity index (χ1v) is 10.2. The molecule has 4 rings (SSSR count). The van der Waals surface area contributed by atoms with Crippen LogP contribution in [0.5, 0.6) is 0 Å². The average Bonchev–Trinajstić information content (AvgIpc) is 3.34. The minimum atomic E-state index is 0. The Hall–Kier alpha value is -1.13. The number of hydrogen-bond acceptors (Lipinski definition) is 3. The number of halogens is 2. The van der Waals surface area contributed by atoms with Crippen molar-refractivity contribution in [3.63, 3.8) is 0 Å². The van der Waals surface area contributed by atoms with Crippen LogP contribution in [0.15, 0.2) is 46.1 Å². The zero-order valence-electron chi connectivity index (χ0n) is 16.3. The number of nitrogens with one attached hydrogen (secondary N) is 1. The molecule has 1 aromatic carbocycles. The third-order valence-electron chi connectivity index (χ3n) is 5.56. The van der Waals surface area contributed by atoms with Crippen LogP contribution < -0.4 is 5.32 Å². The van der Waals surface area contributed by atoms with Crippen LogP contribution in [0.25, 0.3) is 0 Å². The summed E-state index contributed by atoms with van der Waals surface area (Å²) in [6, 6.07) is 8.55. The third-order valence-corrected chi connectivity index (χ3v) is 6.25. The van der Waals surface area contributed by atoms with E-state index in [1.807, 2.05) is 31.2 Å². The molecule has 0 radical (unpaired) electrons. The molecular formula is C20H27BrIN5O. The molecule has 2 aromatic rings. The summed E-state index contributed by atoms with van der Waals surface area (Å²) in [5.41, 5.74) is 2.72. The Morgan fingerprint density at radius 3 is 2.82 bits per heavy atom. The van der Waals surface area contributed by atoms with E-state index < -0.39 is 0 Å². The van der Waals surface area contributed by atoms with E-state index in [0.717, 1.165) is 31.2 Å². The van der Waals surface area contributed by atoms with E-state index in [9.17, 15) is 0 Å². The smallest absolute Gasteiger partial charge is 0.193 e. The maximum atomic E-state index is 5.96. The number of aryl methyl sites for hydroxylation is 1. The number of guanidine groups is 1. The van der Waals surface area contributed by atoms with E-state index in [-0.39, 0.29) is 35.5 Å². The molecular weight excluding hydrogens is 533 g/mol. The van der Waals surface area contributed by atoms with Gasteiger partial charge in [-0.25, -0.2) is 0 Å². The first-order valence-electron chi connectivity index (χ1n) is 9.42. The quantitative estimate of drug-likeness (QED) is 0.354. The molecule has 2 fully saturated rings. The first-order chi connectivity index (χ1) is 13.1. The Morgan fingerprint density at radius 1 is 1.39 bits per heavy atom. The van der Waals surface area contributed by atoms with E-state index >= 15 is 0 Å². The van der Waals surface area contributed by atoms with Gasteiger partial charge in [-0.15, -0.1) is 24.0 Å². The topological polar surface area (TPSA) is 54.7 Å². The van der Waals surface area contributed by atoms with Crippen molar-refractivity contribution < 1.29 is 4.74 Å². The predicted molar refractivity (Wildman–Crippen MR) is 125 cm³/mol. The number of benzene rings is 1. The van der Waals surface area contributed by atoms with Crippen LogP contribution in [0.3, 0.4) is 0 Å². The molecule has 2 heterocycles. The minimum Gasteiger partial charge on any atom is -0.370 e. The summed E-state index contributed by atoms with van der Waals surface area (Å²) in [6.45, 7) is 3.22. The molecule has 152 valence electrons. The Bertz CT molecular complexity index is 836. The second kappa shape index (κ2) is 9.13. The predicted octanol–water partition coefficient (Wildman–Crippen LogP) is 3.48. The van der Waals surface area contributed by atoms with E-state index in [4.69, 9.17) is 4.74 Å². The number of nitrogens with zero attached hydrogens (tertiary/aromatic N) is 4. The highest BCUT2D eigenvalue weighted by atomic mass is 127. The van der Waals surface area contributed by atoms with Gasteiger partial charge in [0.1, 0.15) is 6.10 Å². The average molecular weight is 560 g/mol. The molecule has 8 heteroatoms. The fourth-order valence-corrected chi connectivity index (χ4v) is 4.52. The van der Waals surface area contributed by atoms with Gasteiger partial charge in [-0.1, -0.05) is 34.1 Å². The molecule has 1 saturated carbocycles. The maximum Gasteiger partial charge on any atom is 0.193 e. The van der Waals surface area contributed by atoms with Gasteiger partial charge in [-0.3, -0.25) is 9.67 Å². The van der Waals surface area contributed by atoms with Crippen LogP contribution in [0.4, 0.5) is 0 Å². The van der Waals surface area contributed by atoms with E-state index in [1.54, 1.807) is 0 Å². The van der Waals surface area contributed by atoms with Gasteiger partial charge >= 0.3 is 0 Å². The van der Waals surface area contributed by atoms with Gasteiger partial charge in [0.2, 0.25) is 0 Å². The number of morpholine rings is 1. The van der Waals surface area contributed by atoms with Crippen LogP contribution in [0.1, 0.15) is 30.1 Å². The SMILES string of the molecule is CN=C(NCC1(c2ccccc2Br)CC1)N1CCOC(c2cnn(C)c2)C1.I. The molecule has 0 bridgehead atoms. The van der Waals surface area contributed by atoms with Crippen molar-refractivity contribution in [2.75, 3.05) is 33.3 Å². The van der Waals surface area contributed by atoms with Gasteiger partial charge in [-0.05, 0) is 24.5 Å². The number of rotatable bonds is 4. The lowest BCUT2D eigenvalue weighted by atomic mass is 9.96. The molecule has 1 unspecified atom stereocenters. The van der Waals surface area contributed by atoms with Crippen molar-refractivity contribution in [2.45, 2.75) is 24.4 Å². The zero-order chi connectivity index (χ0) is 18.9. The monoisotopic (exact) mass is 559 g/mol. The van der Waals surface area contributed by atoms with Gasteiger partial charge in [0.25, 0.3) is 0 Å². The molecule has 28 heavy (non-hydrogen) atoms. The fraction of sp³-hybridized carbons (Fsp3) is 0.500. The van der Waals surface area contributed by atoms with Crippen molar-refractivity contribution in [2.24, 2.45) is 12.0 Å². The molecule has 2 aliphatic rings. The van der Waals surface area contributed by atoms with E-state index in [0.29, 0.717) is 6.61 Å². The van der Waals surface area contributed by atoms with Crippen molar-refractivity contribution in [1.82, 2.24) is 20.0 Å². The molecule has 1 aliphatic heterocycles. The van der Waals surface area contributed by atoms with Crippen molar-refractivity contribution in [3.05, 3.63) is 52.3 Å². The van der Waals surface area contributed by atoms with Gasteiger partial charge in [-0.2, -0.15) is 5.10 Å². The van der Waals surface area contributed by atoms with E-state index in [2.05, 4.69) is 60.5 Å². The second-order valence-corrected chi connectivity index (χ2v) is 8.27. The summed E-state index contributed by atoms with van der Waals surface area (Å²) < 4.78 is 8.98. The Kier molecular flexibility index (Phi) is 7.03. The number of aromatic nitrogens is 2. The lowest BCUT2D eigenvalue weighted by Gasteiger charge is -2.35. The highest BCUT2D eigenvalue weighted by Crippen LogP contribution is 2.49. The molecule has 1 saturated heterocycles. The molecule has 6 nitrogen and oxygen atoms in total. The summed E-state index contributed by atoms with van der Waals surface area (Å²) in [7, 11) is 3.79. The van der Waals surface area contributed by atoms with Crippen LogP contribution in [-0.2, 0) is 17.2 Å². The second-order valence-electron chi connectivity index (χ2n) is 7.41. The van der Waals surface area contributed by atoms with Crippen molar-refractivity contribution in [3.8, 4) is 0 Å². The van der Waals surface area contributed by atoms with Crippen LogP contribution in [0.2, 0.25) is 0 Å². The number of aliphatic imine (C=N–C) groups is 1. The molecule has 1 N–H and O–H groups in total. The van der Waals surface area contributed by atoms with Crippen LogP contribution in [0, 0.1) is 0 Å². The van der Waals surface area contributed by atoms with E-state index in [1.165, 1.54) is 22.9 Å². The van der Waals surface area contributed by atoms with Crippen LogP contribution in [-0.4, -0.2) is 53.9 Å². The summed E-state index contributed by atoms with van der Waals surface area (Å²) >= 11 is 3.72. The zero-order valence-corrected chi connectivity index (χ0v) is 20.2. The summed E-state index contributed by atoms with van der Waals surface area (Å²) in [5, 5.41) is 7.89. The van der Waals surface area contributed by atoms with Crippen molar-refractivity contribution >= 4 is 45.9 Å². The van der Waals surface area contributed by atoms with Gasteiger partial charge in [0, 0.05) is 48.8 Å². The number of ether oxygens (including phenoxy) is 1. The van der Waals surface area contributed by atoms with Crippen LogP contribution >= 0.6 is 39.9 Å². The molecule has 1 atom stereocenters. The lowest BCUT2D eigenvalue weighted by Crippen LogP contribution is -2.49. The fourth-order valence-electron chi connectivity index (χ4n) is 3.81. The first kappa shape index (κ1) is 21.6. The largest absolute Gasteiger partial charge is 0.370 e. The van der Waals surface area contributed by atoms with Gasteiger partial charge in [0.05, 0.1) is 19.3 Å². The maximum absolute atomic E-state index is 5.96. The molecule has 0 spiro atoms. The summed E-state index contributed by atoms with van der Waals surface area (Å²) in [6.07, 6.45) is 6.36. The number of hydrogen-bond donors (Lipinski definition) is 1. The third kappa shape index (κ3) is 4.54. The Morgan fingerprint density at radius 2 is 2.18 bits per heavy atom. The van der Waals surface area contributed by atoms with Crippen molar-refractivity contribution in [1.29, 1.82) is 0 Å². The Balaban J connectivity index is 0.00000225. The lowest BCUT2D eigenvalue weighted by molar-refractivity contribution is -0.00805. The van der Waals surface area contributed by atoms with Gasteiger partial charge in [0.15, 0.2) is 5.96 Å². The highest BCUT2D eigenvalue weighted by molar-refractivity contribution is 14.0. The molecule has 0 amide bonds. The van der Waals surface area contributed by atoms with Gasteiger partial charge < -0.3 is 15.0 Å². The summed E-state index contributed by atoms with van der Waals surface area (Å²) in [5.74, 6) is 0.950. The minimum absolute atomic E-state index is 0. The Labute approximate surface area is 191 Å².